The van der Waals surface area contributed by atoms with Crippen LogP contribution in [0.15, 0.2) is 42.6 Å². The van der Waals surface area contributed by atoms with Gasteiger partial charge in [-0.15, -0.1) is 0 Å². The molecule has 0 atom stereocenters. The van der Waals surface area contributed by atoms with E-state index in [1.54, 1.807) is 6.20 Å². The van der Waals surface area contributed by atoms with Crippen LogP contribution in [0.5, 0.6) is 11.5 Å². The Balaban J connectivity index is 1.86. The van der Waals surface area contributed by atoms with E-state index in [2.05, 4.69) is 9.97 Å². The van der Waals surface area contributed by atoms with Gasteiger partial charge in [-0.25, -0.2) is 9.97 Å². The highest BCUT2D eigenvalue weighted by Gasteiger charge is 2.15. The molecule has 0 spiro atoms. The van der Waals surface area contributed by atoms with E-state index in [9.17, 15) is 0 Å². The van der Waals surface area contributed by atoms with Crippen molar-refractivity contribution < 1.29 is 9.47 Å². The second-order valence-corrected chi connectivity index (χ2v) is 4.90. The summed E-state index contributed by atoms with van der Waals surface area (Å²) >= 11 is 5.89. The highest BCUT2D eigenvalue weighted by Crippen LogP contribution is 2.35. The van der Waals surface area contributed by atoms with Crippen LogP contribution in [0.2, 0.25) is 5.02 Å². The van der Waals surface area contributed by atoms with Gasteiger partial charge in [0.25, 0.3) is 0 Å². The standard InChI is InChI=1S/C15H9ClN2O2/c16-11-3-1-9(2-4-11)15-17-7-10-5-13-14(20-8-19-13)6-12(10)18-15/h1-7H,8H2. The molecule has 0 N–H and O–H groups in total. The third-order valence-corrected chi connectivity index (χ3v) is 3.43. The number of hydrogen-bond donors (Lipinski definition) is 0. The number of nitrogens with zero attached hydrogens (tertiary/aromatic N) is 2. The van der Waals surface area contributed by atoms with Gasteiger partial charge in [0.05, 0.1) is 5.52 Å². The fraction of sp³-hybridized carbons (Fsp3) is 0.0667. The molecule has 4 nitrogen and oxygen atoms in total. The summed E-state index contributed by atoms with van der Waals surface area (Å²) in [6, 6.07) is 11.2. The van der Waals surface area contributed by atoms with E-state index >= 15 is 0 Å². The molecule has 1 aliphatic rings. The first-order chi connectivity index (χ1) is 9.79. The quantitative estimate of drug-likeness (QED) is 0.684. The number of halogens is 1. The molecule has 5 heteroatoms. The van der Waals surface area contributed by atoms with Gasteiger partial charge in [0, 0.05) is 28.2 Å². The molecule has 0 saturated carbocycles. The van der Waals surface area contributed by atoms with Crippen LogP contribution in [0.25, 0.3) is 22.3 Å². The lowest BCUT2D eigenvalue weighted by molar-refractivity contribution is 0.174. The van der Waals surface area contributed by atoms with Crippen molar-refractivity contribution in [3.8, 4) is 22.9 Å². The van der Waals surface area contributed by atoms with Crippen LogP contribution in [-0.4, -0.2) is 16.8 Å². The molecule has 4 rings (SSSR count). The number of ether oxygens (including phenoxy) is 2. The molecule has 0 amide bonds. The lowest BCUT2D eigenvalue weighted by Crippen LogP contribution is -1.92. The van der Waals surface area contributed by atoms with Crippen molar-refractivity contribution in [2.45, 2.75) is 0 Å². The Morgan fingerprint density at radius 1 is 1.00 bits per heavy atom. The summed E-state index contributed by atoms with van der Waals surface area (Å²) in [4.78, 5) is 8.94. The van der Waals surface area contributed by atoms with E-state index in [0.29, 0.717) is 10.8 Å². The molecular weight excluding hydrogens is 276 g/mol. The van der Waals surface area contributed by atoms with E-state index < -0.39 is 0 Å². The van der Waals surface area contributed by atoms with E-state index in [0.717, 1.165) is 28.0 Å². The Labute approximate surface area is 119 Å². The zero-order chi connectivity index (χ0) is 13.5. The zero-order valence-electron chi connectivity index (χ0n) is 10.3. The van der Waals surface area contributed by atoms with Gasteiger partial charge >= 0.3 is 0 Å². The predicted molar refractivity (Wildman–Crippen MR) is 76.1 cm³/mol. The molecule has 98 valence electrons. The van der Waals surface area contributed by atoms with Crippen LogP contribution in [0.4, 0.5) is 0 Å². The van der Waals surface area contributed by atoms with Gasteiger partial charge in [0.15, 0.2) is 17.3 Å². The van der Waals surface area contributed by atoms with Crippen molar-refractivity contribution in [2.75, 3.05) is 6.79 Å². The first-order valence-electron chi connectivity index (χ1n) is 6.12. The minimum Gasteiger partial charge on any atom is -0.454 e. The Morgan fingerprint density at radius 3 is 2.55 bits per heavy atom. The third kappa shape index (κ3) is 1.85. The van der Waals surface area contributed by atoms with Crippen LogP contribution < -0.4 is 9.47 Å². The molecule has 3 aromatic rings. The Bertz CT molecular complexity index is 803. The number of benzene rings is 2. The van der Waals surface area contributed by atoms with Gasteiger partial charge in [0.1, 0.15) is 0 Å². The predicted octanol–water partition coefficient (Wildman–Crippen LogP) is 3.68. The number of fused-ring (bicyclic) bond motifs is 2. The topological polar surface area (TPSA) is 44.2 Å². The second kappa shape index (κ2) is 4.35. The summed E-state index contributed by atoms with van der Waals surface area (Å²) in [6.45, 7) is 0.253. The molecule has 1 aliphatic heterocycles. The SMILES string of the molecule is Clc1ccc(-c2ncc3cc4c(cc3n2)OCO4)cc1. The average Bonchev–Trinajstić information content (AvgIpc) is 2.92. The average molecular weight is 285 g/mol. The summed E-state index contributed by atoms with van der Waals surface area (Å²) < 4.78 is 10.7. The molecule has 20 heavy (non-hydrogen) atoms. The molecular formula is C15H9ClN2O2. The van der Waals surface area contributed by atoms with E-state index in [-0.39, 0.29) is 6.79 Å². The molecule has 0 unspecified atom stereocenters. The van der Waals surface area contributed by atoms with E-state index in [1.165, 1.54) is 0 Å². The van der Waals surface area contributed by atoms with Gasteiger partial charge in [-0.3, -0.25) is 0 Å². The van der Waals surface area contributed by atoms with Crippen LogP contribution in [0.1, 0.15) is 0 Å². The van der Waals surface area contributed by atoms with Crippen LogP contribution >= 0.6 is 11.6 Å². The minimum absolute atomic E-state index is 0.253. The summed E-state index contributed by atoms with van der Waals surface area (Å²) in [5.74, 6) is 2.12. The molecule has 0 aliphatic carbocycles. The van der Waals surface area contributed by atoms with E-state index in [1.807, 2.05) is 36.4 Å². The van der Waals surface area contributed by atoms with Crippen molar-refractivity contribution in [2.24, 2.45) is 0 Å². The highest BCUT2D eigenvalue weighted by molar-refractivity contribution is 6.30. The lowest BCUT2D eigenvalue weighted by Gasteiger charge is -2.04. The Kier molecular flexibility index (Phi) is 2.50. The molecule has 1 aromatic heterocycles. The fourth-order valence-corrected chi connectivity index (χ4v) is 2.28. The van der Waals surface area contributed by atoms with E-state index in [4.69, 9.17) is 21.1 Å². The Hall–Kier alpha value is -2.33. The van der Waals surface area contributed by atoms with Gasteiger partial charge in [0.2, 0.25) is 6.79 Å². The zero-order valence-corrected chi connectivity index (χ0v) is 11.1. The number of hydrogen-bond acceptors (Lipinski definition) is 4. The van der Waals surface area contributed by atoms with Crippen molar-refractivity contribution in [3.05, 3.63) is 47.6 Å². The molecule has 0 fully saturated rings. The maximum Gasteiger partial charge on any atom is 0.231 e. The molecule has 0 saturated heterocycles. The molecule has 0 radical (unpaired) electrons. The maximum absolute atomic E-state index is 5.89. The summed E-state index contributed by atoms with van der Waals surface area (Å²) in [7, 11) is 0. The molecule has 2 aromatic carbocycles. The first kappa shape index (κ1) is 11.5. The van der Waals surface area contributed by atoms with Gasteiger partial charge in [-0.2, -0.15) is 0 Å². The Morgan fingerprint density at radius 2 is 1.75 bits per heavy atom. The maximum atomic E-state index is 5.89. The summed E-state index contributed by atoms with van der Waals surface area (Å²) in [5.41, 5.74) is 1.75. The van der Waals surface area contributed by atoms with Crippen molar-refractivity contribution in [1.82, 2.24) is 9.97 Å². The molecule has 2 heterocycles. The van der Waals surface area contributed by atoms with Crippen molar-refractivity contribution in [1.29, 1.82) is 0 Å². The summed E-state index contributed by atoms with van der Waals surface area (Å²) in [5, 5.41) is 1.62. The first-order valence-corrected chi connectivity index (χ1v) is 6.50. The van der Waals surface area contributed by atoms with Crippen molar-refractivity contribution >= 4 is 22.5 Å². The third-order valence-electron chi connectivity index (χ3n) is 3.18. The smallest absolute Gasteiger partial charge is 0.231 e. The minimum atomic E-state index is 0.253. The van der Waals surface area contributed by atoms with Gasteiger partial charge in [-0.1, -0.05) is 11.6 Å². The highest BCUT2D eigenvalue weighted by atomic mass is 35.5. The van der Waals surface area contributed by atoms with Crippen LogP contribution in [0.3, 0.4) is 0 Å². The monoisotopic (exact) mass is 284 g/mol. The summed E-state index contributed by atoms with van der Waals surface area (Å²) in [6.07, 6.45) is 1.79. The fourth-order valence-electron chi connectivity index (χ4n) is 2.16. The van der Waals surface area contributed by atoms with Crippen LogP contribution in [0, 0.1) is 0 Å². The number of rotatable bonds is 1. The van der Waals surface area contributed by atoms with Crippen molar-refractivity contribution in [3.63, 3.8) is 0 Å². The number of aromatic nitrogens is 2. The van der Waals surface area contributed by atoms with Crippen LogP contribution in [-0.2, 0) is 0 Å². The second-order valence-electron chi connectivity index (χ2n) is 4.46. The largest absolute Gasteiger partial charge is 0.454 e. The normalized spacial score (nSPS) is 12.8. The lowest BCUT2D eigenvalue weighted by atomic mass is 10.2. The molecule has 0 bridgehead atoms. The van der Waals surface area contributed by atoms with Gasteiger partial charge < -0.3 is 9.47 Å². The van der Waals surface area contributed by atoms with Gasteiger partial charge in [-0.05, 0) is 30.3 Å².